The maximum Gasteiger partial charge on any atom is 0.225 e. The second-order valence-corrected chi connectivity index (χ2v) is 7.38. The number of hydrazine groups is 1. The molecule has 4 rings (SSSR count). The maximum atomic E-state index is 14.4. The molecule has 3 N–H and O–H groups in total. The molecule has 26 heavy (non-hydrogen) atoms. The van der Waals surface area contributed by atoms with E-state index in [1.807, 2.05) is 12.1 Å². The van der Waals surface area contributed by atoms with E-state index in [4.69, 9.17) is 0 Å². The van der Waals surface area contributed by atoms with Gasteiger partial charge in [0.2, 0.25) is 11.8 Å². The first-order valence-corrected chi connectivity index (χ1v) is 9.24. The number of hydrogen-bond donors (Lipinski definition) is 3. The summed E-state index contributed by atoms with van der Waals surface area (Å²) in [6.45, 7) is 0.739. The van der Waals surface area contributed by atoms with Gasteiger partial charge in [-0.15, -0.1) is 0 Å². The summed E-state index contributed by atoms with van der Waals surface area (Å²) in [5, 5.41) is 2.88. The van der Waals surface area contributed by atoms with Gasteiger partial charge in [0.15, 0.2) is 0 Å². The lowest BCUT2D eigenvalue weighted by molar-refractivity contribution is -0.131. The molecule has 3 fully saturated rings. The first-order valence-electron chi connectivity index (χ1n) is 9.24. The molecule has 2 aliphatic heterocycles. The monoisotopic (exact) mass is 361 g/mol. The van der Waals surface area contributed by atoms with Gasteiger partial charge < -0.3 is 10.2 Å². The molecule has 2 amide bonds. The Morgan fingerprint density at radius 2 is 2.12 bits per heavy atom. The molecule has 1 aliphatic carbocycles. The van der Waals surface area contributed by atoms with Crippen molar-refractivity contribution in [3.05, 3.63) is 30.1 Å². The highest BCUT2D eigenvalue weighted by Crippen LogP contribution is 2.35. The number of halogens is 1. The zero-order valence-electron chi connectivity index (χ0n) is 14.5. The Hall–Kier alpha value is -2.06. The zero-order valence-corrected chi connectivity index (χ0v) is 14.5. The van der Waals surface area contributed by atoms with E-state index in [0.29, 0.717) is 19.5 Å². The van der Waals surface area contributed by atoms with E-state index in [0.717, 1.165) is 18.4 Å². The first-order chi connectivity index (χ1) is 12.6. The third-order valence-electron chi connectivity index (χ3n) is 5.74. The summed E-state index contributed by atoms with van der Waals surface area (Å²) in [5.41, 5.74) is 7.19. The molecule has 3 heterocycles. The number of alkyl halides is 1. The molecule has 8 heteroatoms. The van der Waals surface area contributed by atoms with Crippen LogP contribution in [-0.4, -0.2) is 46.6 Å². The fraction of sp³-hybridized carbons (Fsp3) is 0.611. The molecule has 1 aromatic rings. The molecule has 5 unspecified atom stereocenters. The van der Waals surface area contributed by atoms with E-state index in [1.54, 1.807) is 17.3 Å². The van der Waals surface area contributed by atoms with Gasteiger partial charge in [0.1, 0.15) is 12.3 Å². The van der Waals surface area contributed by atoms with Crippen LogP contribution >= 0.6 is 0 Å². The molecule has 5 atom stereocenters. The van der Waals surface area contributed by atoms with E-state index >= 15 is 0 Å². The van der Waals surface area contributed by atoms with Gasteiger partial charge in [0.05, 0.1) is 5.92 Å². The van der Waals surface area contributed by atoms with Crippen LogP contribution in [0.3, 0.4) is 0 Å². The van der Waals surface area contributed by atoms with Gasteiger partial charge >= 0.3 is 0 Å². The number of fused-ring (bicyclic) bond motifs is 1. The molecular weight excluding hydrogens is 337 g/mol. The lowest BCUT2D eigenvalue weighted by Gasteiger charge is -2.34. The average molecular weight is 361 g/mol. The van der Waals surface area contributed by atoms with Crippen molar-refractivity contribution in [3.8, 4) is 0 Å². The topological polar surface area (TPSA) is 86.4 Å². The van der Waals surface area contributed by atoms with Gasteiger partial charge in [0, 0.05) is 43.9 Å². The van der Waals surface area contributed by atoms with Gasteiger partial charge in [-0.1, -0.05) is 0 Å². The third kappa shape index (κ3) is 3.31. The van der Waals surface area contributed by atoms with E-state index in [9.17, 15) is 14.0 Å². The van der Waals surface area contributed by atoms with Crippen LogP contribution < -0.4 is 16.2 Å². The highest BCUT2D eigenvalue weighted by molar-refractivity contribution is 5.89. The molecule has 0 bridgehead atoms. The molecule has 3 aliphatic rings. The Labute approximate surface area is 151 Å². The Bertz CT molecular complexity index is 673. The SMILES string of the molecule is O=C(NCc1ccncc1)C1CC(=O)N(C2NNC3CCCC(F)C32)C1. The third-order valence-corrected chi connectivity index (χ3v) is 5.74. The summed E-state index contributed by atoms with van der Waals surface area (Å²) in [5.74, 6) is -0.870. The first kappa shape index (κ1) is 17.4. The molecular formula is C18H24FN5O2. The van der Waals surface area contributed by atoms with Crippen LogP contribution in [0.15, 0.2) is 24.5 Å². The van der Waals surface area contributed by atoms with Crippen molar-refractivity contribution in [2.45, 2.75) is 50.6 Å². The highest BCUT2D eigenvalue weighted by Gasteiger charge is 2.49. The average Bonchev–Trinajstić information content (AvgIpc) is 3.25. The molecule has 140 valence electrons. The number of carbonyl (C=O) groups is 2. The summed E-state index contributed by atoms with van der Waals surface area (Å²) in [4.78, 5) is 30.5. The second-order valence-electron chi connectivity index (χ2n) is 7.38. The van der Waals surface area contributed by atoms with Crippen molar-refractivity contribution in [3.63, 3.8) is 0 Å². The van der Waals surface area contributed by atoms with Crippen molar-refractivity contribution >= 4 is 11.8 Å². The number of aromatic nitrogens is 1. The van der Waals surface area contributed by atoms with Gasteiger partial charge in [-0.25, -0.2) is 9.82 Å². The summed E-state index contributed by atoms with van der Waals surface area (Å²) in [7, 11) is 0. The molecule has 0 aromatic carbocycles. The maximum absolute atomic E-state index is 14.4. The summed E-state index contributed by atoms with van der Waals surface area (Å²) < 4.78 is 14.4. The van der Waals surface area contributed by atoms with E-state index in [-0.39, 0.29) is 36.4 Å². The Kier molecular flexibility index (Phi) is 4.86. The van der Waals surface area contributed by atoms with Crippen LogP contribution in [0.4, 0.5) is 4.39 Å². The summed E-state index contributed by atoms with van der Waals surface area (Å²) in [6, 6.07) is 3.73. The molecule has 1 saturated carbocycles. The molecule has 7 nitrogen and oxygen atoms in total. The van der Waals surface area contributed by atoms with Crippen molar-refractivity contribution in [1.82, 2.24) is 26.1 Å². The van der Waals surface area contributed by atoms with Crippen molar-refractivity contribution in [2.75, 3.05) is 6.54 Å². The number of hydrogen-bond acceptors (Lipinski definition) is 5. The van der Waals surface area contributed by atoms with Crippen LogP contribution in [-0.2, 0) is 16.1 Å². The minimum atomic E-state index is -0.923. The highest BCUT2D eigenvalue weighted by atomic mass is 19.1. The number of pyridine rings is 1. The fourth-order valence-corrected chi connectivity index (χ4v) is 4.34. The number of amides is 2. The van der Waals surface area contributed by atoms with Crippen LogP contribution in [0.2, 0.25) is 0 Å². The van der Waals surface area contributed by atoms with Gasteiger partial charge in [-0.05, 0) is 37.0 Å². The normalized spacial score (nSPS) is 34.0. The molecule has 0 radical (unpaired) electrons. The van der Waals surface area contributed by atoms with Crippen LogP contribution in [0.25, 0.3) is 0 Å². The number of nitrogens with one attached hydrogen (secondary N) is 3. The Balaban J connectivity index is 1.37. The second kappa shape index (κ2) is 7.28. The fourth-order valence-electron chi connectivity index (χ4n) is 4.34. The van der Waals surface area contributed by atoms with Crippen molar-refractivity contribution in [2.24, 2.45) is 11.8 Å². The van der Waals surface area contributed by atoms with E-state index < -0.39 is 12.1 Å². The molecule has 0 spiro atoms. The predicted octanol–water partition coefficient (Wildman–Crippen LogP) is 0.487. The van der Waals surface area contributed by atoms with Gasteiger partial charge in [-0.3, -0.25) is 20.0 Å². The standard InChI is InChI=1S/C18H24FN5O2/c19-13-2-1-3-14-16(13)17(23-22-14)24-10-12(8-15(24)25)18(26)21-9-11-4-6-20-7-5-11/h4-7,12-14,16-17,22-23H,1-3,8-10H2,(H,21,26). The molecule has 1 aromatic heterocycles. The summed E-state index contributed by atoms with van der Waals surface area (Å²) >= 11 is 0. The minimum Gasteiger partial charge on any atom is -0.352 e. The largest absolute Gasteiger partial charge is 0.352 e. The van der Waals surface area contributed by atoms with Crippen LogP contribution in [0.5, 0.6) is 0 Å². The van der Waals surface area contributed by atoms with Gasteiger partial charge in [-0.2, -0.15) is 0 Å². The Morgan fingerprint density at radius 1 is 1.31 bits per heavy atom. The lowest BCUT2D eigenvalue weighted by atomic mass is 9.82. The van der Waals surface area contributed by atoms with Crippen LogP contribution in [0.1, 0.15) is 31.2 Å². The van der Waals surface area contributed by atoms with Crippen molar-refractivity contribution < 1.29 is 14.0 Å². The lowest BCUT2D eigenvalue weighted by Crippen LogP contribution is -2.50. The van der Waals surface area contributed by atoms with Crippen molar-refractivity contribution in [1.29, 1.82) is 0 Å². The quantitative estimate of drug-likeness (QED) is 0.727. The summed E-state index contributed by atoms with van der Waals surface area (Å²) in [6.07, 6.45) is 4.54. The van der Waals surface area contributed by atoms with E-state index in [1.165, 1.54) is 0 Å². The Morgan fingerprint density at radius 3 is 2.92 bits per heavy atom. The number of rotatable bonds is 4. The van der Waals surface area contributed by atoms with Gasteiger partial charge in [0.25, 0.3) is 0 Å². The smallest absolute Gasteiger partial charge is 0.225 e. The minimum absolute atomic E-state index is 0.0520. The number of nitrogens with zero attached hydrogens (tertiary/aromatic N) is 2. The molecule has 2 saturated heterocycles. The van der Waals surface area contributed by atoms with E-state index in [2.05, 4.69) is 21.2 Å². The van der Waals surface area contributed by atoms with Crippen LogP contribution in [0, 0.1) is 11.8 Å². The number of likely N-dealkylation sites (tertiary alicyclic amines) is 1. The zero-order chi connectivity index (χ0) is 18.1. The number of carbonyl (C=O) groups excluding carboxylic acids is 2. The predicted molar refractivity (Wildman–Crippen MR) is 92.0 cm³/mol.